The van der Waals surface area contributed by atoms with E-state index in [9.17, 15) is 20.0 Å². The number of hydrazone groups is 1. The Bertz CT molecular complexity index is 850. The van der Waals surface area contributed by atoms with E-state index >= 15 is 0 Å². The van der Waals surface area contributed by atoms with Gasteiger partial charge in [-0.25, -0.2) is 5.43 Å². The molecule has 0 aromatic heterocycles. The number of nitro groups is 1. The van der Waals surface area contributed by atoms with Crippen molar-refractivity contribution >= 4 is 17.8 Å². The summed E-state index contributed by atoms with van der Waals surface area (Å²) in [5.41, 5.74) is 2.91. The van der Waals surface area contributed by atoms with Gasteiger partial charge in [-0.1, -0.05) is 6.07 Å². The van der Waals surface area contributed by atoms with Crippen LogP contribution in [0.3, 0.4) is 0 Å². The SMILES string of the molecule is COc1ccc(CC(=O)N/N=C/c2cc([N+](=O)[O-])ccc2O)cc1OC. The average molecular weight is 359 g/mol. The van der Waals surface area contributed by atoms with E-state index in [1.54, 1.807) is 18.2 Å². The van der Waals surface area contributed by atoms with Gasteiger partial charge >= 0.3 is 0 Å². The predicted molar refractivity (Wildman–Crippen MR) is 93.7 cm³/mol. The Kier molecular flexibility index (Phi) is 6.10. The number of rotatable bonds is 7. The largest absolute Gasteiger partial charge is 0.507 e. The van der Waals surface area contributed by atoms with Gasteiger partial charge in [-0.15, -0.1) is 0 Å². The summed E-state index contributed by atoms with van der Waals surface area (Å²) in [4.78, 5) is 22.1. The zero-order valence-corrected chi connectivity index (χ0v) is 14.1. The minimum absolute atomic E-state index is 0.0403. The average Bonchev–Trinajstić information content (AvgIpc) is 2.62. The number of phenolic OH excluding ortho intramolecular Hbond substituents is 1. The van der Waals surface area contributed by atoms with Crippen molar-refractivity contribution in [2.75, 3.05) is 14.2 Å². The molecule has 0 atom stereocenters. The number of hydrogen-bond donors (Lipinski definition) is 2. The Hall–Kier alpha value is -3.62. The van der Waals surface area contributed by atoms with E-state index in [1.807, 2.05) is 0 Å². The summed E-state index contributed by atoms with van der Waals surface area (Å²) < 4.78 is 10.3. The molecule has 0 unspecified atom stereocenters. The minimum atomic E-state index is -0.591. The van der Waals surface area contributed by atoms with Crippen LogP contribution in [0.4, 0.5) is 5.69 Å². The van der Waals surface area contributed by atoms with E-state index in [0.29, 0.717) is 17.1 Å². The molecule has 2 aromatic carbocycles. The molecule has 2 aromatic rings. The third-order valence-corrected chi connectivity index (χ3v) is 3.43. The fourth-order valence-corrected chi connectivity index (χ4v) is 2.15. The number of nitrogens with one attached hydrogen (secondary N) is 1. The highest BCUT2D eigenvalue weighted by atomic mass is 16.6. The lowest BCUT2D eigenvalue weighted by atomic mass is 10.1. The van der Waals surface area contributed by atoms with Gasteiger partial charge in [0, 0.05) is 17.7 Å². The molecule has 9 nitrogen and oxygen atoms in total. The molecule has 0 radical (unpaired) electrons. The Morgan fingerprint density at radius 1 is 1.23 bits per heavy atom. The summed E-state index contributed by atoms with van der Waals surface area (Å²) >= 11 is 0. The van der Waals surface area contributed by atoms with Gasteiger partial charge < -0.3 is 14.6 Å². The summed E-state index contributed by atoms with van der Waals surface area (Å²) in [6.07, 6.45) is 1.17. The number of methoxy groups -OCH3 is 2. The highest BCUT2D eigenvalue weighted by Gasteiger charge is 2.10. The molecule has 0 saturated heterocycles. The quantitative estimate of drug-likeness (QED) is 0.443. The van der Waals surface area contributed by atoms with Gasteiger partial charge in [-0.3, -0.25) is 14.9 Å². The van der Waals surface area contributed by atoms with Gasteiger partial charge in [0.15, 0.2) is 11.5 Å². The molecule has 0 bridgehead atoms. The van der Waals surface area contributed by atoms with Crippen molar-refractivity contribution in [2.24, 2.45) is 5.10 Å². The molecule has 0 aliphatic carbocycles. The number of nitro benzene ring substituents is 1. The third kappa shape index (κ3) is 4.69. The van der Waals surface area contributed by atoms with Crippen molar-refractivity contribution in [1.29, 1.82) is 0 Å². The van der Waals surface area contributed by atoms with Crippen LogP contribution in [0, 0.1) is 10.1 Å². The molecule has 0 aliphatic rings. The van der Waals surface area contributed by atoms with Crippen molar-refractivity contribution in [3.63, 3.8) is 0 Å². The summed E-state index contributed by atoms with van der Waals surface area (Å²) in [7, 11) is 3.01. The van der Waals surface area contributed by atoms with Crippen LogP contribution < -0.4 is 14.9 Å². The number of aromatic hydroxyl groups is 1. The number of ether oxygens (including phenoxy) is 2. The number of carbonyl (C=O) groups excluding carboxylic acids is 1. The highest BCUT2D eigenvalue weighted by Crippen LogP contribution is 2.27. The van der Waals surface area contributed by atoms with Gasteiger partial charge in [0.25, 0.3) is 5.69 Å². The molecule has 0 aliphatic heterocycles. The van der Waals surface area contributed by atoms with Crippen molar-refractivity contribution in [1.82, 2.24) is 5.43 Å². The number of nitrogens with zero attached hydrogens (tertiary/aromatic N) is 2. The maximum atomic E-state index is 11.9. The zero-order valence-electron chi connectivity index (χ0n) is 14.1. The van der Waals surface area contributed by atoms with Gasteiger partial charge in [-0.2, -0.15) is 5.10 Å². The second-order valence-corrected chi connectivity index (χ2v) is 5.16. The normalized spacial score (nSPS) is 10.5. The molecular weight excluding hydrogens is 342 g/mol. The number of non-ortho nitro benzene ring substituents is 1. The van der Waals surface area contributed by atoms with E-state index in [4.69, 9.17) is 9.47 Å². The molecule has 0 saturated carbocycles. The highest BCUT2D eigenvalue weighted by molar-refractivity contribution is 5.86. The van der Waals surface area contributed by atoms with E-state index in [2.05, 4.69) is 10.5 Å². The van der Waals surface area contributed by atoms with Crippen LogP contribution in [-0.2, 0) is 11.2 Å². The smallest absolute Gasteiger partial charge is 0.270 e. The van der Waals surface area contributed by atoms with Crippen LogP contribution in [0.15, 0.2) is 41.5 Å². The van der Waals surface area contributed by atoms with Gasteiger partial charge in [0.1, 0.15) is 5.75 Å². The van der Waals surface area contributed by atoms with Crippen LogP contribution in [-0.4, -0.2) is 36.4 Å². The Balaban J connectivity index is 2.02. The first kappa shape index (κ1) is 18.7. The molecule has 0 spiro atoms. The summed E-state index contributed by atoms with van der Waals surface area (Å²) in [5, 5.41) is 24.1. The lowest BCUT2D eigenvalue weighted by Crippen LogP contribution is -2.19. The molecule has 9 heteroatoms. The van der Waals surface area contributed by atoms with E-state index < -0.39 is 10.8 Å². The van der Waals surface area contributed by atoms with Crippen LogP contribution in [0.5, 0.6) is 17.2 Å². The Morgan fingerprint density at radius 3 is 2.62 bits per heavy atom. The third-order valence-electron chi connectivity index (χ3n) is 3.43. The number of phenols is 1. The van der Waals surface area contributed by atoms with Gasteiger partial charge in [0.05, 0.1) is 31.8 Å². The van der Waals surface area contributed by atoms with Gasteiger partial charge in [0.2, 0.25) is 5.91 Å². The Labute approximate surface area is 149 Å². The van der Waals surface area contributed by atoms with Crippen LogP contribution in [0.2, 0.25) is 0 Å². The first-order valence-electron chi connectivity index (χ1n) is 7.44. The predicted octanol–water partition coefficient (Wildman–Crippen LogP) is 2.01. The minimum Gasteiger partial charge on any atom is -0.507 e. The van der Waals surface area contributed by atoms with E-state index in [1.165, 1.54) is 26.4 Å². The molecule has 26 heavy (non-hydrogen) atoms. The summed E-state index contributed by atoms with van der Waals surface area (Å²) in [6, 6.07) is 8.59. The first-order chi connectivity index (χ1) is 12.4. The molecule has 1 amide bonds. The maximum Gasteiger partial charge on any atom is 0.270 e. The van der Waals surface area contributed by atoms with Crippen molar-refractivity contribution in [3.8, 4) is 17.2 Å². The monoisotopic (exact) mass is 359 g/mol. The van der Waals surface area contributed by atoms with E-state index in [0.717, 1.165) is 12.3 Å². The standard InChI is InChI=1S/C17H17N3O6/c1-25-15-6-3-11(7-16(15)26-2)8-17(22)19-18-10-12-9-13(20(23)24)4-5-14(12)21/h3-7,9-10,21H,8H2,1-2H3,(H,19,22)/b18-10+. The zero-order chi connectivity index (χ0) is 19.1. The molecular formula is C17H17N3O6. The fraction of sp³-hybridized carbons (Fsp3) is 0.176. The number of hydrogen-bond acceptors (Lipinski definition) is 7. The summed E-state index contributed by atoms with van der Waals surface area (Å²) in [5.74, 6) is 0.463. The number of benzene rings is 2. The number of amides is 1. The lowest BCUT2D eigenvalue weighted by Gasteiger charge is -2.09. The molecule has 136 valence electrons. The Morgan fingerprint density at radius 2 is 1.96 bits per heavy atom. The maximum absolute atomic E-state index is 11.9. The molecule has 2 rings (SSSR count). The lowest BCUT2D eigenvalue weighted by molar-refractivity contribution is -0.384. The number of carbonyl (C=O) groups is 1. The van der Waals surface area contributed by atoms with Crippen molar-refractivity contribution in [3.05, 3.63) is 57.6 Å². The first-order valence-corrected chi connectivity index (χ1v) is 7.44. The topological polar surface area (TPSA) is 123 Å². The van der Waals surface area contributed by atoms with Gasteiger partial charge in [-0.05, 0) is 23.8 Å². The van der Waals surface area contributed by atoms with Crippen LogP contribution >= 0.6 is 0 Å². The fourth-order valence-electron chi connectivity index (χ4n) is 2.15. The molecule has 2 N–H and O–H groups in total. The van der Waals surface area contributed by atoms with Crippen molar-refractivity contribution < 1.29 is 24.3 Å². The van der Waals surface area contributed by atoms with Crippen molar-refractivity contribution in [2.45, 2.75) is 6.42 Å². The second kappa shape index (κ2) is 8.47. The molecule has 0 heterocycles. The molecule has 0 fully saturated rings. The summed E-state index contributed by atoms with van der Waals surface area (Å²) in [6.45, 7) is 0. The second-order valence-electron chi connectivity index (χ2n) is 5.16. The van der Waals surface area contributed by atoms with E-state index in [-0.39, 0.29) is 23.4 Å². The van der Waals surface area contributed by atoms with Crippen LogP contribution in [0.1, 0.15) is 11.1 Å². The van der Waals surface area contributed by atoms with Crippen LogP contribution in [0.25, 0.3) is 0 Å².